The Morgan fingerprint density at radius 2 is 2.05 bits per heavy atom. The molecule has 4 N–H and O–H groups in total. The first-order chi connectivity index (χ1) is 9.58. The number of aromatic amines is 2. The van der Waals surface area contributed by atoms with Crippen molar-refractivity contribution in [2.45, 2.75) is 20.3 Å². The molecule has 102 valence electrons. The summed E-state index contributed by atoms with van der Waals surface area (Å²) in [7, 11) is 0. The molecule has 0 fully saturated rings. The number of nitrogen functional groups attached to an aromatic ring is 1. The van der Waals surface area contributed by atoms with Gasteiger partial charge >= 0.3 is 0 Å². The van der Waals surface area contributed by atoms with Gasteiger partial charge in [0.05, 0.1) is 11.4 Å². The van der Waals surface area contributed by atoms with Gasteiger partial charge in [-0.3, -0.25) is 9.78 Å². The van der Waals surface area contributed by atoms with Crippen LogP contribution in [0.2, 0.25) is 0 Å². The third kappa shape index (κ3) is 1.91. The molecule has 3 aromatic heterocycles. The predicted molar refractivity (Wildman–Crippen MR) is 74.1 cm³/mol. The standard InChI is InChI=1S/C12H13N7O/c1-3-7-6(4-5(2)18-19-7)9-14-8-10(15-9)16-12(13)17-11(8)20/h4H,3H2,1-2H3,(H4,13,14,15,16,17,20). The molecule has 0 aliphatic carbocycles. The van der Waals surface area contributed by atoms with Crippen LogP contribution >= 0.6 is 0 Å². The second-order valence-corrected chi connectivity index (χ2v) is 4.43. The first-order valence-corrected chi connectivity index (χ1v) is 6.17. The number of imidazole rings is 1. The van der Waals surface area contributed by atoms with Crippen LogP contribution in [0.5, 0.6) is 0 Å². The fourth-order valence-electron chi connectivity index (χ4n) is 2.03. The van der Waals surface area contributed by atoms with Crippen molar-refractivity contribution in [1.82, 2.24) is 30.1 Å². The first kappa shape index (κ1) is 12.3. The van der Waals surface area contributed by atoms with Gasteiger partial charge in [0, 0.05) is 5.56 Å². The SMILES string of the molecule is CCc1nnc(C)cc1-c1nc2nc(N)[nH]c(=O)c2[nH]1. The minimum atomic E-state index is -0.344. The summed E-state index contributed by atoms with van der Waals surface area (Å²) in [4.78, 5) is 25.5. The van der Waals surface area contributed by atoms with Gasteiger partial charge in [-0.25, -0.2) is 4.98 Å². The van der Waals surface area contributed by atoms with Gasteiger partial charge in [-0.2, -0.15) is 15.2 Å². The fraction of sp³-hybridized carbons (Fsp3) is 0.250. The average Bonchev–Trinajstić information content (AvgIpc) is 2.82. The summed E-state index contributed by atoms with van der Waals surface area (Å²) in [6, 6.07) is 1.88. The van der Waals surface area contributed by atoms with E-state index >= 15 is 0 Å². The van der Waals surface area contributed by atoms with Crippen LogP contribution in [0.4, 0.5) is 5.95 Å². The van der Waals surface area contributed by atoms with E-state index in [0.29, 0.717) is 17.8 Å². The Morgan fingerprint density at radius 3 is 2.80 bits per heavy atom. The molecule has 0 aromatic carbocycles. The highest BCUT2D eigenvalue weighted by Gasteiger charge is 2.14. The summed E-state index contributed by atoms with van der Waals surface area (Å²) in [6.07, 6.45) is 0.714. The zero-order valence-corrected chi connectivity index (χ0v) is 11.1. The van der Waals surface area contributed by atoms with E-state index in [-0.39, 0.29) is 17.2 Å². The van der Waals surface area contributed by atoms with Crippen LogP contribution in [-0.4, -0.2) is 30.1 Å². The summed E-state index contributed by atoms with van der Waals surface area (Å²) in [5.74, 6) is 0.582. The lowest BCUT2D eigenvalue weighted by atomic mass is 10.1. The lowest BCUT2D eigenvalue weighted by Crippen LogP contribution is -2.10. The number of aromatic nitrogens is 6. The van der Waals surface area contributed by atoms with Crippen molar-refractivity contribution in [2.75, 3.05) is 5.73 Å². The summed E-state index contributed by atoms with van der Waals surface area (Å²) in [5.41, 5.74) is 8.15. The molecular weight excluding hydrogens is 258 g/mol. The lowest BCUT2D eigenvalue weighted by Gasteiger charge is -2.03. The number of hydrogen-bond donors (Lipinski definition) is 3. The van der Waals surface area contributed by atoms with Crippen LogP contribution in [0.1, 0.15) is 18.3 Å². The van der Waals surface area contributed by atoms with E-state index in [2.05, 4.69) is 30.1 Å². The molecule has 3 heterocycles. The van der Waals surface area contributed by atoms with Gasteiger partial charge in [-0.1, -0.05) is 6.92 Å². The number of fused-ring (bicyclic) bond motifs is 1. The molecule has 0 radical (unpaired) electrons. The Kier molecular flexibility index (Phi) is 2.70. The van der Waals surface area contributed by atoms with Gasteiger partial charge in [-0.15, -0.1) is 0 Å². The smallest absolute Gasteiger partial charge is 0.278 e. The molecule has 0 saturated carbocycles. The number of nitrogens with zero attached hydrogens (tertiary/aromatic N) is 4. The van der Waals surface area contributed by atoms with Gasteiger partial charge in [0.2, 0.25) is 5.95 Å². The third-order valence-electron chi connectivity index (χ3n) is 2.96. The van der Waals surface area contributed by atoms with Crippen LogP contribution in [0.25, 0.3) is 22.6 Å². The number of anilines is 1. The zero-order chi connectivity index (χ0) is 14.3. The Labute approximate surface area is 113 Å². The van der Waals surface area contributed by atoms with Crippen LogP contribution in [0.3, 0.4) is 0 Å². The normalized spacial score (nSPS) is 11.1. The van der Waals surface area contributed by atoms with Crippen molar-refractivity contribution in [3.05, 3.63) is 27.8 Å². The molecular formula is C12H13N7O. The van der Waals surface area contributed by atoms with E-state index in [1.54, 1.807) is 0 Å². The molecule has 3 aromatic rings. The van der Waals surface area contributed by atoms with Crippen molar-refractivity contribution in [1.29, 1.82) is 0 Å². The number of aryl methyl sites for hydroxylation is 2. The highest BCUT2D eigenvalue weighted by molar-refractivity contribution is 5.76. The van der Waals surface area contributed by atoms with Crippen LogP contribution < -0.4 is 11.3 Å². The second-order valence-electron chi connectivity index (χ2n) is 4.43. The average molecular weight is 271 g/mol. The van der Waals surface area contributed by atoms with Gasteiger partial charge in [-0.05, 0) is 19.4 Å². The van der Waals surface area contributed by atoms with E-state index in [1.165, 1.54) is 0 Å². The van der Waals surface area contributed by atoms with Gasteiger partial charge in [0.15, 0.2) is 11.2 Å². The number of H-pyrrole nitrogens is 2. The monoisotopic (exact) mass is 271 g/mol. The van der Waals surface area contributed by atoms with E-state index in [1.807, 2.05) is 19.9 Å². The van der Waals surface area contributed by atoms with Crippen LogP contribution in [-0.2, 0) is 6.42 Å². The quantitative estimate of drug-likeness (QED) is 0.625. The Hall–Kier alpha value is -2.77. The fourth-order valence-corrected chi connectivity index (χ4v) is 2.03. The third-order valence-corrected chi connectivity index (χ3v) is 2.96. The largest absolute Gasteiger partial charge is 0.369 e. The molecule has 20 heavy (non-hydrogen) atoms. The van der Waals surface area contributed by atoms with E-state index < -0.39 is 0 Å². The van der Waals surface area contributed by atoms with Gasteiger partial charge in [0.25, 0.3) is 5.56 Å². The zero-order valence-electron chi connectivity index (χ0n) is 11.1. The van der Waals surface area contributed by atoms with E-state index in [0.717, 1.165) is 17.0 Å². The molecule has 0 atom stereocenters. The lowest BCUT2D eigenvalue weighted by molar-refractivity contribution is 0.893. The van der Waals surface area contributed by atoms with Crippen LogP contribution in [0, 0.1) is 6.92 Å². The Bertz CT molecular complexity index is 849. The maximum absolute atomic E-state index is 11.8. The van der Waals surface area contributed by atoms with Gasteiger partial charge < -0.3 is 10.7 Å². The molecule has 0 bridgehead atoms. The molecule has 3 rings (SSSR count). The van der Waals surface area contributed by atoms with E-state index in [4.69, 9.17) is 5.73 Å². The summed E-state index contributed by atoms with van der Waals surface area (Å²) in [6.45, 7) is 3.83. The Morgan fingerprint density at radius 1 is 1.25 bits per heavy atom. The molecule has 0 spiro atoms. The minimum Gasteiger partial charge on any atom is -0.369 e. The number of rotatable bonds is 2. The molecule has 8 nitrogen and oxygen atoms in total. The maximum atomic E-state index is 11.8. The second kappa shape index (κ2) is 4.41. The van der Waals surface area contributed by atoms with Crippen molar-refractivity contribution >= 4 is 17.1 Å². The number of nitrogens with two attached hydrogens (primary N) is 1. The van der Waals surface area contributed by atoms with Crippen molar-refractivity contribution in [2.24, 2.45) is 0 Å². The molecule has 0 saturated heterocycles. The van der Waals surface area contributed by atoms with E-state index in [9.17, 15) is 4.79 Å². The Balaban J connectivity index is 2.28. The predicted octanol–water partition coefficient (Wildman–Crippen LogP) is 0.556. The van der Waals surface area contributed by atoms with Crippen molar-refractivity contribution in [3.8, 4) is 11.4 Å². The molecule has 0 aliphatic rings. The first-order valence-electron chi connectivity index (χ1n) is 6.17. The van der Waals surface area contributed by atoms with Crippen molar-refractivity contribution in [3.63, 3.8) is 0 Å². The van der Waals surface area contributed by atoms with Crippen LogP contribution in [0.15, 0.2) is 10.9 Å². The summed E-state index contributed by atoms with van der Waals surface area (Å²) < 4.78 is 0. The highest BCUT2D eigenvalue weighted by Crippen LogP contribution is 2.21. The summed E-state index contributed by atoms with van der Waals surface area (Å²) in [5, 5.41) is 8.17. The molecule has 0 unspecified atom stereocenters. The maximum Gasteiger partial charge on any atom is 0.278 e. The highest BCUT2D eigenvalue weighted by atomic mass is 16.1. The molecule has 8 heteroatoms. The number of hydrogen-bond acceptors (Lipinski definition) is 6. The van der Waals surface area contributed by atoms with Gasteiger partial charge in [0.1, 0.15) is 5.82 Å². The molecule has 0 aliphatic heterocycles. The molecule has 0 amide bonds. The minimum absolute atomic E-state index is 0.0419. The topological polar surface area (TPSA) is 126 Å². The van der Waals surface area contributed by atoms with Crippen molar-refractivity contribution < 1.29 is 0 Å². The number of nitrogens with one attached hydrogen (secondary N) is 2. The summed E-state index contributed by atoms with van der Waals surface area (Å²) >= 11 is 0.